The van der Waals surface area contributed by atoms with Gasteiger partial charge in [0.2, 0.25) is 5.91 Å². The number of nitrogens with one attached hydrogen (secondary N) is 1. The van der Waals surface area contributed by atoms with Crippen LogP contribution in [0.2, 0.25) is 0 Å². The molecule has 0 radical (unpaired) electrons. The Kier molecular flexibility index (Phi) is 3.47. The van der Waals surface area contributed by atoms with Crippen molar-refractivity contribution in [2.24, 2.45) is 0 Å². The average molecular weight is 282 g/mol. The highest BCUT2D eigenvalue weighted by Gasteiger charge is 2.27. The molecule has 1 aromatic carbocycles. The average Bonchev–Trinajstić information content (AvgIpc) is 2.81. The Morgan fingerprint density at radius 3 is 2.95 bits per heavy atom. The smallest absolute Gasteiger partial charge is 0.231 e. The lowest BCUT2D eigenvalue weighted by molar-refractivity contribution is -0.116. The summed E-state index contributed by atoms with van der Waals surface area (Å²) in [5.74, 6) is -0.113. The third-order valence-corrected chi connectivity index (χ3v) is 4.08. The van der Waals surface area contributed by atoms with Crippen LogP contribution in [0.15, 0.2) is 36.7 Å². The molecule has 1 aliphatic rings. The van der Waals surface area contributed by atoms with Crippen LogP contribution in [-0.2, 0) is 4.79 Å². The molecule has 2 heterocycles. The molecule has 0 aliphatic carbocycles. The minimum Gasteiger partial charge on any atom is -0.388 e. The largest absolute Gasteiger partial charge is 0.388 e. The third kappa shape index (κ3) is 2.32. The van der Waals surface area contributed by atoms with Crippen LogP contribution in [-0.4, -0.2) is 16.0 Å². The van der Waals surface area contributed by atoms with E-state index in [0.717, 1.165) is 27.9 Å². The molecule has 0 spiro atoms. The summed E-state index contributed by atoms with van der Waals surface area (Å²) in [6.45, 7) is 3.85. The van der Waals surface area contributed by atoms with Crippen molar-refractivity contribution in [3.8, 4) is 11.1 Å². The number of nitrogens with zero attached hydrogens (tertiary/aromatic N) is 1. The van der Waals surface area contributed by atoms with Crippen LogP contribution in [0.25, 0.3) is 11.1 Å². The highest BCUT2D eigenvalue weighted by molar-refractivity contribution is 6.03. The van der Waals surface area contributed by atoms with E-state index in [-0.39, 0.29) is 11.8 Å². The van der Waals surface area contributed by atoms with Crippen molar-refractivity contribution in [2.45, 2.75) is 32.3 Å². The lowest BCUT2D eigenvalue weighted by atomic mass is 9.93. The van der Waals surface area contributed by atoms with Gasteiger partial charge < -0.3 is 10.4 Å². The Labute approximate surface area is 123 Å². The molecule has 2 aromatic rings. The fourth-order valence-corrected chi connectivity index (χ4v) is 2.74. The first kappa shape index (κ1) is 13.8. The number of carbonyl (C=O) groups is 1. The number of benzene rings is 1. The summed E-state index contributed by atoms with van der Waals surface area (Å²) < 4.78 is 0. The number of rotatable bonds is 3. The van der Waals surface area contributed by atoms with Crippen molar-refractivity contribution in [3.63, 3.8) is 0 Å². The lowest BCUT2D eigenvalue weighted by Gasteiger charge is -2.14. The maximum Gasteiger partial charge on any atom is 0.231 e. The Morgan fingerprint density at radius 2 is 2.19 bits per heavy atom. The summed E-state index contributed by atoms with van der Waals surface area (Å²) >= 11 is 0. The fraction of sp³-hybridized carbons (Fsp3) is 0.294. The van der Waals surface area contributed by atoms with Crippen molar-refractivity contribution >= 4 is 11.6 Å². The Morgan fingerprint density at radius 1 is 1.38 bits per heavy atom. The van der Waals surface area contributed by atoms with Gasteiger partial charge in [-0.25, -0.2) is 0 Å². The quantitative estimate of drug-likeness (QED) is 0.908. The van der Waals surface area contributed by atoms with Crippen LogP contribution in [0.5, 0.6) is 0 Å². The molecule has 2 atom stereocenters. The summed E-state index contributed by atoms with van der Waals surface area (Å²) in [7, 11) is 0. The molecule has 21 heavy (non-hydrogen) atoms. The molecule has 0 bridgehead atoms. The van der Waals surface area contributed by atoms with Crippen molar-refractivity contribution in [1.29, 1.82) is 0 Å². The molecule has 4 nitrogen and oxygen atoms in total. The first-order valence-electron chi connectivity index (χ1n) is 7.19. The summed E-state index contributed by atoms with van der Waals surface area (Å²) in [6.07, 6.45) is 3.61. The molecule has 108 valence electrons. The monoisotopic (exact) mass is 282 g/mol. The van der Waals surface area contributed by atoms with Gasteiger partial charge in [0.1, 0.15) is 0 Å². The number of hydrogen-bond donors (Lipinski definition) is 2. The van der Waals surface area contributed by atoms with Gasteiger partial charge in [-0.15, -0.1) is 0 Å². The number of fused-ring (bicyclic) bond motifs is 1. The van der Waals surface area contributed by atoms with E-state index < -0.39 is 6.10 Å². The molecular formula is C17H18N2O2. The number of aromatic nitrogens is 1. The Bertz CT molecular complexity index is 697. The topological polar surface area (TPSA) is 62.2 Å². The molecule has 0 fully saturated rings. The first-order valence-corrected chi connectivity index (χ1v) is 7.19. The van der Waals surface area contributed by atoms with E-state index in [9.17, 15) is 9.90 Å². The molecular weight excluding hydrogens is 264 g/mol. The molecule has 4 heteroatoms. The number of pyridine rings is 1. The SMILES string of the molecule is CCC(O)c1ccncc1-c1ccc2c(c1)C(C)C(=O)N2. The molecule has 1 amide bonds. The predicted molar refractivity (Wildman–Crippen MR) is 82.0 cm³/mol. The molecule has 0 saturated carbocycles. The van der Waals surface area contributed by atoms with Gasteiger partial charge in [-0.05, 0) is 48.2 Å². The maximum absolute atomic E-state index is 11.7. The van der Waals surface area contributed by atoms with Gasteiger partial charge in [0.15, 0.2) is 0 Å². The first-order chi connectivity index (χ1) is 10.1. The number of hydrogen-bond acceptors (Lipinski definition) is 3. The van der Waals surface area contributed by atoms with Crippen LogP contribution in [0, 0.1) is 0 Å². The van der Waals surface area contributed by atoms with E-state index in [2.05, 4.69) is 10.3 Å². The van der Waals surface area contributed by atoms with Crippen LogP contribution in [0.4, 0.5) is 5.69 Å². The van der Waals surface area contributed by atoms with E-state index in [1.54, 1.807) is 12.4 Å². The normalized spacial score (nSPS) is 18.2. The van der Waals surface area contributed by atoms with Crippen molar-refractivity contribution < 1.29 is 9.90 Å². The van der Waals surface area contributed by atoms with Crippen LogP contribution >= 0.6 is 0 Å². The van der Waals surface area contributed by atoms with Gasteiger partial charge >= 0.3 is 0 Å². The van der Waals surface area contributed by atoms with E-state index in [0.29, 0.717) is 6.42 Å². The zero-order chi connectivity index (χ0) is 15.0. The standard InChI is InChI=1S/C17H18N2O2/c1-3-16(20)12-6-7-18-9-14(12)11-4-5-15-13(8-11)10(2)17(21)19-15/h4-10,16,20H,3H2,1-2H3,(H,19,21). The Hall–Kier alpha value is -2.20. The zero-order valence-corrected chi connectivity index (χ0v) is 12.1. The van der Waals surface area contributed by atoms with Gasteiger partial charge in [0, 0.05) is 23.6 Å². The summed E-state index contributed by atoms with van der Waals surface area (Å²) in [4.78, 5) is 15.9. The number of aliphatic hydroxyl groups excluding tert-OH is 1. The zero-order valence-electron chi connectivity index (χ0n) is 12.1. The van der Waals surface area contributed by atoms with Crippen molar-refractivity contribution in [3.05, 3.63) is 47.8 Å². The molecule has 1 aromatic heterocycles. The minimum absolute atomic E-state index is 0.0298. The molecule has 3 rings (SSSR count). The number of carbonyl (C=O) groups excluding carboxylic acids is 1. The Balaban J connectivity index is 2.09. The van der Waals surface area contributed by atoms with Gasteiger partial charge in [0.05, 0.1) is 12.0 Å². The summed E-state index contributed by atoms with van der Waals surface area (Å²) in [5.41, 5.74) is 4.64. The van der Waals surface area contributed by atoms with Gasteiger partial charge in [-0.1, -0.05) is 13.0 Å². The number of aliphatic hydroxyl groups is 1. The van der Waals surface area contributed by atoms with Gasteiger partial charge in [0.25, 0.3) is 0 Å². The summed E-state index contributed by atoms with van der Waals surface area (Å²) in [5, 5.41) is 13.0. The van der Waals surface area contributed by atoms with Gasteiger partial charge in [-0.3, -0.25) is 9.78 Å². The second-order valence-corrected chi connectivity index (χ2v) is 5.40. The predicted octanol–water partition coefficient (Wildman–Crippen LogP) is 3.25. The molecule has 1 aliphatic heterocycles. The fourth-order valence-electron chi connectivity index (χ4n) is 2.74. The number of anilines is 1. The summed E-state index contributed by atoms with van der Waals surface area (Å²) in [6, 6.07) is 7.74. The van der Waals surface area contributed by atoms with Gasteiger partial charge in [-0.2, -0.15) is 0 Å². The molecule has 2 unspecified atom stereocenters. The van der Waals surface area contributed by atoms with Crippen molar-refractivity contribution in [1.82, 2.24) is 4.98 Å². The second kappa shape index (κ2) is 5.30. The van der Waals surface area contributed by atoms with Crippen molar-refractivity contribution in [2.75, 3.05) is 5.32 Å². The highest BCUT2D eigenvalue weighted by Crippen LogP contribution is 2.37. The van der Waals surface area contributed by atoms with E-state index in [4.69, 9.17) is 0 Å². The van der Waals surface area contributed by atoms with Crippen LogP contribution in [0.1, 0.15) is 43.4 Å². The van der Waals surface area contributed by atoms with E-state index in [1.165, 1.54) is 0 Å². The highest BCUT2D eigenvalue weighted by atomic mass is 16.3. The van der Waals surface area contributed by atoms with E-state index in [1.807, 2.05) is 38.1 Å². The second-order valence-electron chi connectivity index (χ2n) is 5.40. The van der Waals surface area contributed by atoms with Crippen LogP contribution < -0.4 is 5.32 Å². The lowest BCUT2D eigenvalue weighted by Crippen LogP contribution is -2.08. The molecule has 0 saturated heterocycles. The number of amides is 1. The maximum atomic E-state index is 11.7. The van der Waals surface area contributed by atoms with E-state index >= 15 is 0 Å². The molecule has 2 N–H and O–H groups in total. The minimum atomic E-state index is -0.506. The van der Waals surface area contributed by atoms with Crippen LogP contribution in [0.3, 0.4) is 0 Å². The third-order valence-electron chi connectivity index (χ3n) is 4.08.